The molecule has 0 saturated carbocycles. The molecule has 0 unspecified atom stereocenters. The number of furan rings is 1. The van der Waals surface area contributed by atoms with Gasteiger partial charge in [0.1, 0.15) is 5.58 Å². The fourth-order valence-electron chi connectivity index (χ4n) is 1.60. The lowest BCUT2D eigenvalue weighted by Gasteiger charge is -2.02. The van der Waals surface area contributed by atoms with E-state index in [1.165, 1.54) is 0 Å². The summed E-state index contributed by atoms with van der Waals surface area (Å²) in [6, 6.07) is 3.29. The summed E-state index contributed by atoms with van der Waals surface area (Å²) >= 11 is 3.32. The van der Waals surface area contributed by atoms with Crippen LogP contribution in [0.2, 0.25) is 0 Å². The van der Waals surface area contributed by atoms with Gasteiger partial charge in [-0.2, -0.15) is 0 Å². The fraction of sp³-hybridized carbons (Fsp3) is 0.0909. The zero-order valence-electron chi connectivity index (χ0n) is 8.78. The molecule has 6 heteroatoms. The molecular weight excluding hydrogens is 290 g/mol. The Morgan fingerprint density at radius 3 is 2.76 bits per heavy atom. The lowest BCUT2D eigenvalue weighted by atomic mass is 10.1. The van der Waals surface area contributed by atoms with Gasteiger partial charge in [0.2, 0.25) is 5.76 Å². The van der Waals surface area contributed by atoms with E-state index >= 15 is 0 Å². The van der Waals surface area contributed by atoms with Crippen molar-refractivity contribution in [1.82, 2.24) is 0 Å². The van der Waals surface area contributed by atoms with Crippen molar-refractivity contribution < 1.29 is 19.1 Å². The molecule has 0 atom stereocenters. The maximum atomic E-state index is 10.9. The van der Waals surface area contributed by atoms with Crippen LogP contribution in [0.25, 0.3) is 11.0 Å². The number of carbonyl (C=O) groups is 2. The van der Waals surface area contributed by atoms with E-state index in [0.29, 0.717) is 17.3 Å². The predicted molar refractivity (Wildman–Crippen MR) is 65.8 cm³/mol. The molecule has 0 amide bonds. The SMILES string of the molecule is CNc1cc2oc(C(=O)O)c(C=O)c2cc1Br. The summed E-state index contributed by atoms with van der Waals surface area (Å²) < 4.78 is 5.89. The second kappa shape index (κ2) is 4.21. The molecule has 2 rings (SSSR count). The number of carboxylic acid groups (broad SMARTS) is 1. The third kappa shape index (κ3) is 1.80. The summed E-state index contributed by atoms with van der Waals surface area (Å²) in [5, 5.41) is 12.3. The summed E-state index contributed by atoms with van der Waals surface area (Å²) in [6.07, 6.45) is 0.487. The molecule has 17 heavy (non-hydrogen) atoms. The summed E-state index contributed by atoms with van der Waals surface area (Å²) in [4.78, 5) is 21.8. The molecule has 0 spiro atoms. The number of anilines is 1. The van der Waals surface area contributed by atoms with E-state index in [0.717, 1.165) is 10.2 Å². The monoisotopic (exact) mass is 297 g/mol. The molecule has 0 bridgehead atoms. The third-order valence-electron chi connectivity index (χ3n) is 2.40. The average molecular weight is 298 g/mol. The molecule has 5 nitrogen and oxygen atoms in total. The third-order valence-corrected chi connectivity index (χ3v) is 3.05. The number of rotatable bonds is 3. The molecule has 1 aromatic carbocycles. The van der Waals surface area contributed by atoms with Gasteiger partial charge >= 0.3 is 5.97 Å². The van der Waals surface area contributed by atoms with Gasteiger partial charge in [-0.05, 0) is 22.0 Å². The Morgan fingerprint density at radius 1 is 1.53 bits per heavy atom. The smallest absolute Gasteiger partial charge is 0.372 e. The number of fused-ring (bicyclic) bond motifs is 1. The van der Waals surface area contributed by atoms with Gasteiger partial charge in [-0.1, -0.05) is 0 Å². The lowest BCUT2D eigenvalue weighted by Crippen LogP contribution is -1.97. The first-order chi connectivity index (χ1) is 8.08. The number of benzene rings is 1. The minimum absolute atomic E-state index is 0.0517. The van der Waals surface area contributed by atoms with Crippen LogP contribution in [0.15, 0.2) is 21.0 Å². The van der Waals surface area contributed by atoms with Crippen LogP contribution in [0.4, 0.5) is 5.69 Å². The molecule has 88 valence electrons. The van der Waals surface area contributed by atoms with Gasteiger partial charge in [0.05, 0.1) is 11.3 Å². The quantitative estimate of drug-likeness (QED) is 0.852. The molecule has 2 N–H and O–H groups in total. The van der Waals surface area contributed by atoms with E-state index in [-0.39, 0.29) is 11.3 Å². The Bertz CT molecular complexity index is 617. The van der Waals surface area contributed by atoms with Gasteiger partial charge in [0, 0.05) is 23.0 Å². The van der Waals surface area contributed by atoms with Crippen LogP contribution >= 0.6 is 15.9 Å². The van der Waals surface area contributed by atoms with Gasteiger partial charge in [-0.3, -0.25) is 4.79 Å². The molecule has 0 aliphatic carbocycles. The molecule has 0 fully saturated rings. The number of hydrogen-bond acceptors (Lipinski definition) is 4. The maximum absolute atomic E-state index is 10.9. The zero-order chi connectivity index (χ0) is 12.6. The summed E-state index contributed by atoms with van der Waals surface area (Å²) in [6.45, 7) is 0. The number of aldehydes is 1. The second-order valence-electron chi connectivity index (χ2n) is 3.35. The molecule has 2 aromatic rings. The fourth-order valence-corrected chi connectivity index (χ4v) is 2.14. The van der Waals surface area contributed by atoms with E-state index in [2.05, 4.69) is 21.2 Å². The highest BCUT2D eigenvalue weighted by Crippen LogP contribution is 2.32. The largest absolute Gasteiger partial charge is 0.475 e. The first-order valence-corrected chi connectivity index (χ1v) is 5.50. The highest BCUT2D eigenvalue weighted by molar-refractivity contribution is 9.10. The van der Waals surface area contributed by atoms with Crippen LogP contribution in [-0.4, -0.2) is 24.4 Å². The van der Waals surface area contributed by atoms with Crippen LogP contribution in [0, 0.1) is 0 Å². The van der Waals surface area contributed by atoms with Crippen molar-refractivity contribution in [3.63, 3.8) is 0 Å². The zero-order valence-corrected chi connectivity index (χ0v) is 10.4. The first-order valence-electron chi connectivity index (χ1n) is 4.70. The normalized spacial score (nSPS) is 10.5. The van der Waals surface area contributed by atoms with Crippen LogP contribution in [0.1, 0.15) is 20.9 Å². The standard InChI is InChI=1S/C11H8BrNO4/c1-13-8-3-9-5(2-7(8)12)6(4-14)10(17-9)11(15)16/h2-4,13H,1H3,(H,15,16). The van der Waals surface area contributed by atoms with Crippen molar-refractivity contribution in [3.8, 4) is 0 Å². The van der Waals surface area contributed by atoms with Gasteiger partial charge in [0.15, 0.2) is 6.29 Å². The Morgan fingerprint density at radius 2 is 2.24 bits per heavy atom. The van der Waals surface area contributed by atoms with Crippen LogP contribution in [-0.2, 0) is 0 Å². The van der Waals surface area contributed by atoms with Crippen molar-refractivity contribution in [2.45, 2.75) is 0 Å². The molecule has 1 aromatic heterocycles. The Hall–Kier alpha value is -1.82. The van der Waals surface area contributed by atoms with E-state index in [9.17, 15) is 9.59 Å². The topological polar surface area (TPSA) is 79.5 Å². The molecular formula is C11H8BrNO4. The van der Waals surface area contributed by atoms with Crippen molar-refractivity contribution in [2.75, 3.05) is 12.4 Å². The maximum Gasteiger partial charge on any atom is 0.372 e. The van der Waals surface area contributed by atoms with Gasteiger partial charge in [-0.25, -0.2) is 4.79 Å². The number of hydrogen-bond donors (Lipinski definition) is 2. The van der Waals surface area contributed by atoms with Crippen molar-refractivity contribution >= 4 is 44.8 Å². The first kappa shape index (κ1) is 11.7. The predicted octanol–water partition coefficient (Wildman–Crippen LogP) is 2.75. The summed E-state index contributed by atoms with van der Waals surface area (Å²) in [5.74, 6) is -1.60. The number of nitrogens with one attached hydrogen (secondary N) is 1. The van der Waals surface area contributed by atoms with Crippen LogP contribution < -0.4 is 5.32 Å². The Balaban J connectivity index is 2.82. The number of halogens is 1. The van der Waals surface area contributed by atoms with E-state index < -0.39 is 5.97 Å². The number of carbonyl (C=O) groups excluding carboxylic acids is 1. The van der Waals surface area contributed by atoms with Crippen LogP contribution in [0.5, 0.6) is 0 Å². The summed E-state index contributed by atoms with van der Waals surface area (Å²) in [5.41, 5.74) is 1.16. The molecule has 0 saturated heterocycles. The van der Waals surface area contributed by atoms with E-state index in [1.807, 2.05) is 0 Å². The van der Waals surface area contributed by atoms with Crippen LogP contribution in [0.3, 0.4) is 0 Å². The molecule has 0 radical (unpaired) electrons. The molecule has 0 aliphatic heterocycles. The minimum Gasteiger partial charge on any atom is -0.475 e. The Labute approximate surface area is 105 Å². The van der Waals surface area contributed by atoms with Gasteiger partial charge < -0.3 is 14.8 Å². The molecule has 1 heterocycles. The average Bonchev–Trinajstić information content (AvgIpc) is 2.65. The highest BCUT2D eigenvalue weighted by Gasteiger charge is 2.20. The van der Waals surface area contributed by atoms with Crippen molar-refractivity contribution in [1.29, 1.82) is 0 Å². The van der Waals surface area contributed by atoms with E-state index in [1.54, 1.807) is 19.2 Å². The Kier molecular flexibility index (Phi) is 2.89. The lowest BCUT2D eigenvalue weighted by molar-refractivity contribution is 0.0661. The van der Waals surface area contributed by atoms with Crippen molar-refractivity contribution in [2.24, 2.45) is 0 Å². The minimum atomic E-state index is -1.26. The number of carboxylic acids is 1. The highest BCUT2D eigenvalue weighted by atomic mass is 79.9. The van der Waals surface area contributed by atoms with E-state index in [4.69, 9.17) is 9.52 Å². The second-order valence-corrected chi connectivity index (χ2v) is 4.20. The van der Waals surface area contributed by atoms with Gasteiger partial charge in [0.25, 0.3) is 0 Å². The number of aromatic carboxylic acids is 1. The molecule has 0 aliphatic rings. The van der Waals surface area contributed by atoms with Crippen molar-refractivity contribution in [3.05, 3.63) is 27.9 Å². The summed E-state index contributed by atoms with van der Waals surface area (Å²) in [7, 11) is 1.73. The van der Waals surface area contributed by atoms with Gasteiger partial charge in [-0.15, -0.1) is 0 Å².